The van der Waals surface area contributed by atoms with Gasteiger partial charge >= 0.3 is 19.8 Å². The van der Waals surface area contributed by atoms with Crippen molar-refractivity contribution in [3.63, 3.8) is 0 Å². The zero-order valence-corrected chi connectivity index (χ0v) is 56.2. The number of hydrogen-bond acceptors (Lipinski definition) is 7. The molecule has 10 heteroatoms. The predicted molar refractivity (Wildman–Crippen MR) is 380 cm³/mol. The number of ether oxygens (including phenoxy) is 2. The van der Waals surface area contributed by atoms with Crippen molar-refractivity contribution < 1.29 is 42.1 Å². The molecule has 0 saturated carbocycles. The minimum atomic E-state index is -4.43. The second kappa shape index (κ2) is 65.5. The Morgan fingerprint density at radius 1 is 0.352 bits per heavy atom. The van der Waals surface area contributed by atoms with Crippen LogP contribution in [0.25, 0.3) is 0 Å². The zero-order valence-electron chi connectivity index (χ0n) is 55.3. The number of phosphoric acid groups is 1. The first-order valence-corrected chi connectivity index (χ1v) is 34.6. The minimum absolute atomic E-state index is 0.00249. The van der Waals surface area contributed by atoms with Gasteiger partial charge in [0.15, 0.2) is 6.10 Å². The molecule has 488 valence electrons. The number of carbonyl (C=O) groups is 2. The normalized spacial score (nSPS) is 14.7. The lowest BCUT2D eigenvalue weighted by molar-refractivity contribution is -0.870. The summed E-state index contributed by atoms with van der Waals surface area (Å²) in [5.41, 5.74) is 0. The maximum Gasteiger partial charge on any atom is 0.472 e. The van der Waals surface area contributed by atoms with E-state index in [2.05, 4.69) is 245 Å². The first kappa shape index (κ1) is 82.1. The van der Waals surface area contributed by atoms with Crippen LogP contribution >= 0.6 is 7.82 Å². The average molecular weight is 1230 g/mol. The van der Waals surface area contributed by atoms with E-state index in [1.165, 1.54) is 0 Å². The van der Waals surface area contributed by atoms with E-state index in [1.807, 2.05) is 21.1 Å². The van der Waals surface area contributed by atoms with E-state index in [4.69, 9.17) is 18.5 Å². The van der Waals surface area contributed by atoms with Crippen LogP contribution in [0.3, 0.4) is 0 Å². The van der Waals surface area contributed by atoms with Crippen LogP contribution in [0.5, 0.6) is 0 Å². The summed E-state index contributed by atoms with van der Waals surface area (Å²) in [6.07, 6.45) is 107. The maximum atomic E-state index is 12.8. The molecule has 0 aliphatic heterocycles. The molecule has 9 nitrogen and oxygen atoms in total. The lowest BCUT2D eigenvalue weighted by Gasteiger charge is -2.24. The zero-order chi connectivity index (χ0) is 64.1. The standard InChI is InChI=1S/C78H118NO8P/c1-6-8-10-12-14-16-18-20-22-24-26-28-30-32-34-36-38-39-41-43-45-47-49-51-53-55-57-59-61-63-65-67-69-71-78(81)87-76(75-86-88(82,83)85-73-72-79(3,4)5)74-84-77(80)70-68-66-64-62-60-58-56-54-52-50-48-46-44-42-40-37-35-33-31-29-27-25-23-21-19-17-15-13-11-9-7-2/h8-11,14-17,20-23,26-29,32-35,38-40,42-43,45-46,48-49,51-52,54-55,57-58,60-61,63,76H,6-7,12-13,18-19,24-25,30-31,36-37,41,44,47,50,53,56,59,62,64-75H2,1-5H3/p+1/b10-8-,11-9-,16-14-,17-15-,22-20-,23-21-,28-26-,29-27-,34-32-,35-33-,39-38-,42-40-,45-43-,48-46-,51-49-,54-52-,57-55-,60-58-,63-61-. The highest BCUT2D eigenvalue weighted by Gasteiger charge is 2.27. The molecule has 1 N–H and O–H groups in total. The number of esters is 2. The number of rotatable bonds is 57. The van der Waals surface area contributed by atoms with Gasteiger partial charge in [0.05, 0.1) is 27.7 Å². The van der Waals surface area contributed by atoms with Crippen molar-refractivity contribution in [2.45, 2.75) is 200 Å². The van der Waals surface area contributed by atoms with Crippen molar-refractivity contribution in [3.05, 3.63) is 231 Å². The summed E-state index contributed by atoms with van der Waals surface area (Å²) < 4.78 is 34.5. The lowest BCUT2D eigenvalue weighted by Crippen LogP contribution is -2.37. The third kappa shape index (κ3) is 69.2. The van der Waals surface area contributed by atoms with Gasteiger partial charge in [-0.1, -0.05) is 251 Å². The molecule has 0 aromatic heterocycles. The lowest BCUT2D eigenvalue weighted by atomic mass is 10.1. The van der Waals surface area contributed by atoms with Gasteiger partial charge in [-0.3, -0.25) is 18.6 Å². The number of likely N-dealkylation sites (N-methyl/N-ethyl adjacent to an activating group) is 1. The molecule has 0 aliphatic rings. The number of unbranched alkanes of at least 4 members (excludes halogenated alkanes) is 5. The summed E-state index contributed by atoms with van der Waals surface area (Å²) in [4.78, 5) is 35.8. The average Bonchev–Trinajstić information content (AvgIpc) is 3.56. The van der Waals surface area contributed by atoms with Crippen molar-refractivity contribution in [1.82, 2.24) is 0 Å². The van der Waals surface area contributed by atoms with Crippen LogP contribution < -0.4 is 0 Å². The predicted octanol–water partition coefficient (Wildman–Crippen LogP) is 21.8. The van der Waals surface area contributed by atoms with E-state index in [0.717, 1.165) is 154 Å². The van der Waals surface area contributed by atoms with Crippen LogP contribution in [0.4, 0.5) is 0 Å². The quantitative estimate of drug-likeness (QED) is 0.0211. The van der Waals surface area contributed by atoms with Crippen molar-refractivity contribution in [2.75, 3.05) is 47.5 Å². The van der Waals surface area contributed by atoms with Gasteiger partial charge in [-0.2, -0.15) is 0 Å². The molecule has 0 heterocycles. The van der Waals surface area contributed by atoms with Crippen molar-refractivity contribution in [1.29, 1.82) is 0 Å². The molecule has 0 bridgehead atoms. The van der Waals surface area contributed by atoms with Gasteiger partial charge in [0.1, 0.15) is 19.8 Å². The summed E-state index contributed by atoms with van der Waals surface area (Å²) in [6, 6.07) is 0. The van der Waals surface area contributed by atoms with Gasteiger partial charge in [0.2, 0.25) is 0 Å². The number of phosphoric ester groups is 1. The second-order valence-electron chi connectivity index (χ2n) is 22.0. The number of allylic oxidation sites excluding steroid dienone is 38. The van der Waals surface area contributed by atoms with Crippen LogP contribution in [-0.2, 0) is 32.7 Å². The Labute approximate surface area is 537 Å². The molecule has 0 aromatic carbocycles. The highest BCUT2D eigenvalue weighted by molar-refractivity contribution is 7.47. The van der Waals surface area contributed by atoms with Crippen LogP contribution in [0.1, 0.15) is 194 Å². The van der Waals surface area contributed by atoms with Gasteiger partial charge in [0, 0.05) is 12.8 Å². The van der Waals surface area contributed by atoms with Gasteiger partial charge in [0.25, 0.3) is 0 Å². The minimum Gasteiger partial charge on any atom is -0.462 e. The maximum absolute atomic E-state index is 12.8. The summed E-state index contributed by atoms with van der Waals surface area (Å²) >= 11 is 0. The fraction of sp³-hybridized carbons (Fsp3) is 0.487. The SMILES string of the molecule is CC/C=C\C/C=C\C/C=C\C/C=C\C/C=C\C/C=C\C/C=C\C/C=C\C/C=C\C/C=C\CCCCC(=O)OC(COC(=O)CCCCC/C=C\C/C=C\C/C=C\C/C=C\C/C=C\C/C=C\C/C=C\C/C=C\C/C=C\CC)COP(=O)(O)OCC[N+](C)(C)C. The van der Waals surface area contributed by atoms with E-state index >= 15 is 0 Å². The second-order valence-corrected chi connectivity index (χ2v) is 23.5. The molecule has 0 amide bonds. The summed E-state index contributed by atoms with van der Waals surface area (Å²) in [5.74, 6) is -0.911. The van der Waals surface area contributed by atoms with Gasteiger partial charge in [-0.05, 0) is 161 Å². The summed E-state index contributed by atoms with van der Waals surface area (Å²) in [6.45, 7) is 4.07. The van der Waals surface area contributed by atoms with E-state index in [0.29, 0.717) is 23.9 Å². The van der Waals surface area contributed by atoms with Crippen molar-refractivity contribution >= 4 is 19.8 Å². The van der Waals surface area contributed by atoms with Crippen LogP contribution in [-0.4, -0.2) is 74.9 Å². The Morgan fingerprint density at radius 3 is 0.909 bits per heavy atom. The largest absolute Gasteiger partial charge is 0.472 e. The summed E-state index contributed by atoms with van der Waals surface area (Å²) in [5, 5.41) is 0. The highest BCUT2D eigenvalue weighted by Crippen LogP contribution is 2.43. The van der Waals surface area contributed by atoms with E-state index in [9.17, 15) is 19.0 Å². The Morgan fingerprint density at radius 2 is 0.614 bits per heavy atom. The fourth-order valence-corrected chi connectivity index (χ4v) is 8.42. The smallest absolute Gasteiger partial charge is 0.462 e. The van der Waals surface area contributed by atoms with Crippen molar-refractivity contribution in [3.8, 4) is 0 Å². The molecule has 0 saturated heterocycles. The molecular formula is C78H119NO8P+. The van der Waals surface area contributed by atoms with Crippen LogP contribution in [0, 0.1) is 0 Å². The molecule has 0 aliphatic carbocycles. The monoisotopic (exact) mass is 1230 g/mol. The third-order valence-electron chi connectivity index (χ3n) is 12.7. The topological polar surface area (TPSA) is 108 Å². The molecule has 88 heavy (non-hydrogen) atoms. The van der Waals surface area contributed by atoms with E-state index < -0.39 is 32.5 Å². The molecule has 0 spiro atoms. The number of carbonyl (C=O) groups excluding carboxylic acids is 2. The Hall–Kier alpha value is -5.93. The van der Waals surface area contributed by atoms with Gasteiger partial charge in [-0.25, -0.2) is 4.57 Å². The van der Waals surface area contributed by atoms with E-state index in [1.54, 1.807) is 0 Å². The molecule has 2 unspecified atom stereocenters. The molecule has 0 radical (unpaired) electrons. The number of hydrogen-bond donors (Lipinski definition) is 1. The Bertz CT molecular complexity index is 2330. The van der Waals surface area contributed by atoms with Gasteiger partial charge < -0.3 is 18.9 Å². The van der Waals surface area contributed by atoms with Gasteiger partial charge in [-0.15, -0.1) is 0 Å². The number of quaternary nitrogens is 1. The third-order valence-corrected chi connectivity index (χ3v) is 13.7. The molecule has 0 fully saturated rings. The molecular weight excluding hydrogens is 1110 g/mol. The van der Waals surface area contributed by atoms with Crippen LogP contribution in [0.15, 0.2) is 231 Å². The van der Waals surface area contributed by atoms with Crippen molar-refractivity contribution in [2.24, 2.45) is 0 Å². The molecule has 0 rings (SSSR count). The molecule has 2 atom stereocenters. The first-order chi connectivity index (χ1) is 43.0. The fourth-order valence-electron chi connectivity index (χ4n) is 7.68. The first-order valence-electron chi connectivity index (χ1n) is 33.1. The van der Waals surface area contributed by atoms with Crippen LogP contribution in [0.2, 0.25) is 0 Å². The Balaban J connectivity index is 4.35. The van der Waals surface area contributed by atoms with E-state index in [-0.39, 0.29) is 26.1 Å². The highest BCUT2D eigenvalue weighted by atomic mass is 31.2. The summed E-state index contributed by atoms with van der Waals surface area (Å²) in [7, 11) is 1.39. The Kier molecular flexibility index (Phi) is 61.1. The molecule has 0 aromatic rings. The number of nitrogens with zero attached hydrogens (tertiary/aromatic N) is 1.